The Morgan fingerprint density at radius 3 is 2.54 bits per heavy atom. The second-order valence-corrected chi connectivity index (χ2v) is 7.26. The number of ketones is 1. The summed E-state index contributed by atoms with van der Waals surface area (Å²) in [5.74, 6) is 0.794. The molecule has 26 heavy (non-hydrogen) atoms. The lowest BCUT2D eigenvalue weighted by Gasteiger charge is -2.23. The minimum absolute atomic E-state index is 0.0799. The van der Waals surface area contributed by atoms with Gasteiger partial charge in [0.15, 0.2) is 5.78 Å². The van der Waals surface area contributed by atoms with Gasteiger partial charge in [-0.05, 0) is 45.9 Å². The first-order valence-corrected chi connectivity index (χ1v) is 8.50. The summed E-state index contributed by atoms with van der Waals surface area (Å²) >= 11 is 0. The molecule has 0 aliphatic rings. The third-order valence-electron chi connectivity index (χ3n) is 3.55. The third kappa shape index (κ3) is 5.86. The minimum atomic E-state index is -0.680. The van der Waals surface area contributed by atoms with Crippen molar-refractivity contribution in [2.24, 2.45) is 0 Å². The Morgan fingerprint density at radius 1 is 1.19 bits per heavy atom. The summed E-state index contributed by atoms with van der Waals surface area (Å²) in [5, 5.41) is 13.9. The third-order valence-corrected chi connectivity index (χ3v) is 3.55. The number of β-amino-alcohol motifs (C(OH)–C–C–N with tert-alkyl or cyclic N) is 1. The molecule has 2 rings (SSSR count). The van der Waals surface area contributed by atoms with Crippen molar-refractivity contribution in [3.8, 4) is 11.5 Å². The second kappa shape index (κ2) is 8.33. The number of aliphatic hydroxyl groups is 1. The number of aliphatic hydroxyl groups excluding tert-OH is 1. The van der Waals surface area contributed by atoms with Gasteiger partial charge in [0.05, 0.1) is 5.52 Å². The fraction of sp³-hybridized carbons (Fsp3) is 0.474. The number of fused-ring (bicyclic) bond motifs is 1. The van der Waals surface area contributed by atoms with Crippen molar-refractivity contribution in [3.05, 3.63) is 34.6 Å². The number of carbonyl (C=O) groups excluding carboxylic acids is 1. The summed E-state index contributed by atoms with van der Waals surface area (Å²) in [6.07, 6.45) is -0.680. The Morgan fingerprint density at radius 2 is 1.88 bits per heavy atom. The van der Waals surface area contributed by atoms with Crippen LogP contribution in [0.2, 0.25) is 0 Å². The van der Waals surface area contributed by atoms with E-state index in [1.807, 2.05) is 20.8 Å². The topological polar surface area (TPSA) is 101 Å². The molecule has 0 aliphatic carbocycles. The number of aromatic nitrogens is 1. The van der Waals surface area contributed by atoms with Crippen molar-refractivity contribution >= 4 is 16.7 Å². The van der Waals surface area contributed by atoms with Crippen LogP contribution in [-0.4, -0.2) is 47.3 Å². The molecule has 1 aromatic carbocycles. The zero-order valence-electron chi connectivity index (χ0n) is 15.6. The van der Waals surface area contributed by atoms with Crippen molar-refractivity contribution in [1.29, 1.82) is 0 Å². The lowest BCUT2D eigenvalue weighted by atomic mass is 10.1. The lowest BCUT2D eigenvalue weighted by Crippen LogP contribution is -2.42. The molecule has 1 aromatic heterocycles. The van der Waals surface area contributed by atoms with E-state index in [2.05, 4.69) is 10.3 Å². The van der Waals surface area contributed by atoms with Gasteiger partial charge in [-0.25, -0.2) is 0 Å². The average molecular weight is 362 g/mol. The van der Waals surface area contributed by atoms with E-state index in [4.69, 9.17) is 9.47 Å². The van der Waals surface area contributed by atoms with Crippen LogP contribution in [0.5, 0.6) is 11.5 Å². The summed E-state index contributed by atoms with van der Waals surface area (Å²) < 4.78 is 11.2. The van der Waals surface area contributed by atoms with E-state index in [9.17, 15) is 14.7 Å². The highest BCUT2D eigenvalue weighted by Crippen LogP contribution is 2.31. The van der Waals surface area contributed by atoms with E-state index < -0.39 is 6.10 Å². The molecule has 2 aromatic rings. The molecule has 0 fully saturated rings. The van der Waals surface area contributed by atoms with Crippen LogP contribution >= 0.6 is 0 Å². The van der Waals surface area contributed by atoms with Gasteiger partial charge in [0.25, 0.3) is 0 Å². The van der Waals surface area contributed by atoms with Gasteiger partial charge in [-0.3, -0.25) is 9.59 Å². The van der Waals surface area contributed by atoms with Gasteiger partial charge in [0.1, 0.15) is 30.8 Å². The molecule has 0 radical (unpaired) electrons. The van der Waals surface area contributed by atoms with E-state index in [1.54, 1.807) is 18.2 Å². The zero-order valence-corrected chi connectivity index (χ0v) is 15.6. The number of hydrogen-bond acceptors (Lipinski definition) is 6. The molecule has 0 amide bonds. The van der Waals surface area contributed by atoms with Gasteiger partial charge >= 0.3 is 0 Å². The first kappa shape index (κ1) is 19.9. The molecule has 0 spiro atoms. The van der Waals surface area contributed by atoms with Crippen molar-refractivity contribution in [2.75, 3.05) is 19.8 Å². The quantitative estimate of drug-likeness (QED) is 0.660. The van der Waals surface area contributed by atoms with Gasteiger partial charge in [0.2, 0.25) is 5.56 Å². The fourth-order valence-electron chi connectivity index (χ4n) is 2.29. The molecule has 3 N–H and O–H groups in total. The van der Waals surface area contributed by atoms with E-state index in [-0.39, 0.29) is 30.1 Å². The standard InChI is InChI=1S/C19H26N2O5/c1-12(22)10-25-16-7-6-15(14-5-8-17(24)21-18(14)16)26-11-13(23)9-20-19(2,3)4/h5-8,13,20,23H,9-11H2,1-4H3,(H,21,24). The maximum absolute atomic E-state index is 11.7. The highest BCUT2D eigenvalue weighted by Gasteiger charge is 2.14. The first-order valence-electron chi connectivity index (χ1n) is 8.50. The molecule has 0 saturated heterocycles. The highest BCUT2D eigenvalue weighted by atomic mass is 16.5. The minimum Gasteiger partial charge on any atom is -0.490 e. The monoisotopic (exact) mass is 362 g/mol. The summed E-state index contributed by atoms with van der Waals surface area (Å²) in [4.78, 5) is 25.5. The number of H-pyrrole nitrogens is 1. The predicted molar refractivity (Wildman–Crippen MR) is 100 cm³/mol. The molecule has 1 atom stereocenters. The number of benzene rings is 1. The summed E-state index contributed by atoms with van der Waals surface area (Å²) in [5.41, 5.74) is 0.0818. The van der Waals surface area contributed by atoms with E-state index in [0.717, 1.165) is 0 Å². The number of pyridine rings is 1. The molecular weight excluding hydrogens is 336 g/mol. The normalized spacial score (nSPS) is 12.8. The van der Waals surface area contributed by atoms with Crippen LogP contribution < -0.4 is 20.3 Å². The summed E-state index contributed by atoms with van der Waals surface area (Å²) in [7, 11) is 0. The Balaban J connectivity index is 2.17. The first-order chi connectivity index (χ1) is 12.2. The predicted octanol–water partition coefficient (Wildman–Crippen LogP) is 1.62. The molecule has 142 valence electrons. The molecule has 0 saturated carbocycles. The van der Waals surface area contributed by atoms with Crippen LogP contribution in [0, 0.1) is 0 Å². The van der Waals surface area contributed by atoms with Crippen LogP contribution in [0.25, 0.3) is 10.9 Å². The van der Waals surface area contributed by atoms with E-state index in [1.165, 1.54) is 13.0 Å². The van der Waals surface area contributed by atoms with Gasteiger partial charge < -0.3 is 24.9 Å². The van der Waals surface area contributed by atoms with Gasteiger partial charge in [-0.1, -0.05) is 0 Å². The molecule has 0 aliphatic heterocycles. The highest BCUT2D eigenvalue weighted by molar-refractivity contribution is 5.90. The van der Waals surface area contributed by atoms with Gasteiger partial charge in [0, 0.05) is 23.5 Å². The molecule has 0 bridgehead atoms. The summed E-state index contributed by atoms with van der Waals surface area (Å²) in [6.45, 7) is 7.90. The maximum atomic E-state index is 11.7. The summed E-state index contributed by atoms with van der Waals surface area (Å²) in [6, 6.07) is 6.35. The molecular formula is C19H26N2O5. The largest absolute Gasteiger partial charge is 0.490 e. The SMILES string of the molecule is CC(=O)COc1ccc(OCC(O)CNC(C)(C)C)c2ccc(=O)[nH]c12. The van der Waals surface area contributed by atoms with Crippen LogP contribution in [0.4, 0.5) is 0 Å². The molecule has 1 unspecified atom stereocenters. The maximum Gasteiger partial charge on any atom is 0.248 e. The number of hydrogen-bond donors (Lipinski definition) is 3. The van der Waals surface area contributed by atoms with Crippen molar-refractivity contribution in [2.45, 2.75) is 39.3 Å². The van der Waals surface area contributed by atoms with Gasteiger partial charge in [-0.15, -0.1) is 0 Å². The van der Waals surface area contributed by atoms with Crippen molar-refractivity contribution in [1.82, 2.24) is 10.3 Å². The Bertz CT molecular complexity index is 823. The molecule has 7 heteroatoms. The van der Waals surface area contributed by atoms with Crippen molar-refractivity contribution < 1.29 is 19.4 Å². The number of ether oxygens (including phenoxy) is 2. The number of Topliss-reactive ketones (excluding diaryl/α,β-unsaturated/α-hetero) is 1. The average Bonchev–Trinajstić information content (AvgIpc) is 2.55. The van der Waals surface area contributed by atoms with Crippen LogP contribution in [0.3, 0.4) is 0 Å². The number of aromatic amines is 1. The van der Waals surface area contributed by atoms with E-state index >= 15 is 0 Å². The van der Waals surface area contributed by atoms with Gasteiger partial charge in [-0.2, -0.15) is 0 Å². The fourth-order valence-corrected chi connectivity index (χ4v) is 2.29. The smallest absolute Gasteiger partial charge is 0.248 e. The number of carbonyl (C=O) groups is 1. The van der Waals surface area contributed by atoms with Crippen molar-refractivity contribution in [3.63, 3.8) is 0 Å². The zero-order chi connectivity index (χ0) is 19.3. The number of nitrogens with one attached hydrogen (secondary N) is 2. The second-order valence-electron chi connectivity index (χ2n) is 7.26. The Labute approximate surface area is 152 Å². The van der Waals surface area contributed by atoms with Crippen LogP contribution in [0.1, 0.15) is 27.7 Å². The van der Waals surface area contributed by atoms with Crippen LogP contribution in [-0.2, 0) is 4.79 Å². The molecule has 7 nitrogen and oxygen atoms in total. The Hall–Kier alpha value is -2.38. The number of rotatable bonds is 8. The van der Waals surface area contributed by atoms with E-state index in [0.29, 0.717) is 28.9 Å². The molecule has 1 heterocycles. The lowest BCUT2D eigenvalue weighted by molar-refractivity contribution is -0.118. The van der Waals surface area contributed by atoms with Crippen LogP contribution in [0.15, 0.2) is 29.1 Å². The Kier molecular flexibility index (Phi) is 6.39.